The Hall–Kier alpha value is -2.71. The summed E-state index contributed by atoms with van der Waals surface area (Å²) in [6.45, 7) is 3.05. The fourth-order valence-corrected chi connectivity index (χ4v) is 7.58. The van der Waals surface area contributed by atoms with E-state index in [1.165, 1.54) is 5.56 Å². The van der Waals surface area contributed by atoms with Crippen molar-refractivity contribution in [1.29, 1.82) is 0 Å². The molecule has 1 aromatic heterocycles. The third-order valence-electron chi connectivity index (χ3n) is 10.2. The van der Waals surface area contributed by atoms with Crippen LogP contribution in [0.2, 0.25) is 0 Å². The monoisotopic (exact) mass is 518 g/mol. The summed E-state index contributed by atoms with van der Waals surface area (Å²) in [4.78, 5) is 31.5. The average molecular weight is 519 g/mol. The van der Waals surface area contributed by atoms with Gasteiger partial charge in [0.25, 0.3) is 0 Å². The Bertz CT molecular complexity index is 1110. The molecule has 0 radical (unpaired) electrons. The van der Waals surface area contributed by atoms with Gasteiger partial charge in [0, 0.05) is 31.2 Å². The third-order valence-corrected chi connectivity index (χ3v) is 10.2. The molecule has 1 N–H and O–H groups in total. The number of β-amino-alcohol motifs (C(OH)–C–C–N with tert-alkyl or cyclic N) is 1. The molecule has 4 fully saturated rings. The first kappa shape index (κ1) is 25.6. The summed E-state index contributed by atoms with van der Waals surface area (Å²) in [6.07, 6.45) is 13.8. The van der Waals surface area contributed by atoms with Gasteiger partial charge < -0.3 is 19.8 Å². The van der Waals surface area contributed by atoms with Gasteiger partial charge in [-0.3, -0.25) is 4.90 Å². The van der Waals surface area contributed by atoms with E-state index in [-0.39, 0.29) is 23.2 Å². The first-order valence-electron chi connectivity index (χ1n) is 14.4. The molecule has 0 bridgehead atoms. The van der Waals surface area contributed by atoms with Crippen LogP contribution >= 0.6 is 0 Å². The van der Waals surface area contributed by atoms with Crippen LogP contribution in [0.4, 0.5) is 10.5 Å². The van der Waals surface area contributed by atoms with Gasteiger partial charge in [-0.2, -0.15) is 0 Å². The zero-order chi connectivity index (χ0) is 26.4. The molecule has 8 nitrogen and oxygen atoms in total. The zero-order valence-corrected chi connectivity index (χ0v) is 22.9. The van der Waals surface area contributed by atoms with Crippen LogP contribution in [0.25, 0.3) is 0 Å². The van der Waals surface area contributed by atoms with Crippen molar-refractivity contribution < 1.29 is 9.90 Å². The second-order valence-corrected chi connectivity index (χ2v) is 12.4. The molecule has 2 aliphatic heterocycles. The molecule has 4 aliphatic rings. The number of amides is 2. The molecule has 8 heteroatoms. The molecule has 2 aliphatic carbocycles. The van der Waals surface area contributed by atoms with E-state index in [0.29, 0.717) is 6.54 Å². The highest BCUT2D eigenvalue weighted by molar-refractivity contribution is 5.79. The van der Waals surface area contributed by atoms with E-state index < -0.39 is 5.60 Å². The standard InChI is InChI=1S/C30H42N6O2/c1-33(2)30(24-7-4-3-5-8-24)15-13-28(14-16-30)21-35(27(37)36(28)22-29(38)11-6-12-29)25-9-17-34(18-10-25)26-19-31-23-32-20-26/h3-5,7-8,19-20,23,25,38H,6,9-18,21-22H2,1-2H3. The molecule has 38 heavy (non-hydrogen) atoms. The lowest BCUT2D eigenvalue weighted by atomic mass is 9.67. The predicted octanol–water partition coefficient (Wildman–Crippen LogP) is 3.87. The minimum Gasteiger partial charge on any atom is -0.388 e. The molecule has 204 valence electrons. The quantitative estimate of drug-likeness (QED) is 0.626. The van der Waals surface area contributed by atoms with Crippen LogP contribution in [0, 0.1) is 0 Å². The van der Waals surface area contributed by atoms with E-state index >= 15 is 0 Å². The van der Waals surface area contributed by atoms with E-state index in [1.807, 2.05) is 12.4 Å². The Balaban J connectivity index is 1.22. The third kappa shape index (κ3) is 4.35. The van der Waals surface area contributed by atoms with E-state index in [1.54, 1.807) is 6.33 Å². The van der Waals surface area contributed by atoms with Gasteiger partial charge in [0.2, 0.25) is 0 Å². The maximum atomic E-state index is 14.1. The molecule has 2 aromatic rings. The number of benzene rings is 1. The maximum absolute atomic E-state index is 14.1. The van der Waals surface area contributed by atoms with Gasteiger partial charge in [-0.05, 0) is 77.4 Å². The largest absolute Gasteiger partial charge is 0.388 e. The van der Waals surface area contributed by atoms with Crippen LogP contribution < -0.4 is 4.90 Å². The number of carbonyl (C=O) groups is 1. The molecule has 2 amide bonds. The van der Waals surface area contributed by atoms with E-state index in [9.17, 15) is 9.90 Å². The van der Waals surface area contributed by atoms with Gasteiger partial charge >= 0.3 is 6.03 Å². The minimum atomic E-state index is -0.717. The van der Waals surface area contributed by atoms with Gasteiger partial charge in [0.05, 0.1) is 35.8 Å². The predicted molar refractivity (Wildman–Crippen MR) is 148 cm³/mol. The highest BCUT2D eigenvalue weighted by atomic mass is 16.3. The Morgan fingerprint density at radius 3 is 2.21 bits per heavy atom. The molecule has 1 spiro atoms. The summed E-state index contributed by atoms with van der Waals surface area (Å²) >= 11 is 0. The van der Waals surface area contributed by atoms with Gasteiger partial charge in [-0.25, -0.2) is 14.8 Å². The Kier molecular flexibility index (Phi) is 6.59. The lowest BCUT2D eigenvalue weighted by Gasteiger charge is -2.52. The summed E-state index contributed by atoms with van der Waals surface area (Å²) in [5.74, 6) is 0. The summed E-state index contributed by atoms with van der Waals surface area (Å²) < 4.78 is 0. The van der Waals surface area contributed by atoms with Crippen molar-refractivity contribution in [2.75, 3.05) is 45.2 Å². The second kappa shape index (κ2) is 9.79. The molecule has 3 heterocycles. The average Bonchev–Trinajstić information content (AvgIpc) is 3.20. The Morgan fingerprint density at radius 2 is 1.63 bits per heavy atom. The number of piperidine rings is 1. The highest BCUT2D eigenvalue weighted by Crippen LogP contribution is 2.50. The normalized spacial score (nSPS) is 29.8. The number of hydrogen-bond acceptors (Lipinski definition) is 6. The molecule has 2 saturated carbocycles. The number of urea groups is 1. The van der Waals surface area contributed by atoms with Crippen LogP contribution in [0.15, 0.2) is 49.1 Å². The lowest BCUT2D eigenvalue weighted by Crippen LogP contribution is -2.59. The van der Waals surface area contributed by atoms with Gasteiger partial charge in [-0.1, -0.05) is 30.3 Å². The van der Waals surface area contributed by atoms with Crippen molar-refractivity contribution in [2.45, 2.75) is 80.5 Å². The van der Waals surface area contributed by atoms with Crippen LogP contribution in [0.3, 0.4) is 0 Å². The molecular formula is C30H42N6O2. The molecule has 0 unspecified atom stereocenters. The van der Waals surface area contributed by atoms with Gasteiger partial charge in [-0.15, -0.1) is 0 Å². The van der Waals surface area contributed by atoms with Gasteiger partial charge in [0.15, 0.2) is 0 Å². The smallest absolute Gasteiger partial charge is 0.320 e. The van der Waals surface area contributed by atoms with Crippen LogP contribution in [-0.4, -0.2) is 93.3 Å². The maximum Gasteiger partial charge on any atom is 0.320 e. The molecule has 2 saturated heterocycles. The van der Waals surface area contributed by atoms with Crippen molar-refractivity contribution in [3.63, 3.8) is 0 Å². The highest BCUT2D eigenvalue weighted by Gasteiger charge is 2.57. The summed E-state index contributed by atoms with van der Waals surface area (Å²) in [6, 6.07) is 11.2. The van der Waals surface area contributed by atoms with Crippen LogP contribution in [-0.2, 0) is 5.54 Å². The first-order chi connectivity index (χ1) is 18.3. The topological polar surface area (TPSA) is 76.0 Å². The molecule has 1 aromatic carbocycles. The summed E-state index contributed by atoms with van der Waals surface area (Å²) in [5.41, 5.74) is 1.47. The zero-order valence-electron chi connectivity index (χ0n) is 22.9. The SMILES string of the molecule is CN(C)C1(c2ccccc2)CCC2(CC1)CN(C1CCN(c3cncnc3)CC1)C(=O)N2CC1(O)CCC1. The Morgan fingerprint density at radius 1 is 0.974 bits per heavy atom. The lowest BCUT2D eigenvalue weighted by molar-refractivity contribution is -0.0725. The molecular weight excluding hydrogens is 476 g/mol. The fourth-order valence-electron chi connectivity index (χ4n) is 7.58. The number of rotatable bonds is 6. The van der Waals surface area contributed by atoms with Crippen molar-refractivity contribution in [1.82, 2.24) is 24.7 Å². The van der Waals surface area contributed by atoms with Crippen LogP contribution in [0.1, 0.15) is 63.4 Å². The number of aliphatic hydroxyl groups is 1. The van der Waals surface area contributed by atoms with Crippen molar-refractivity contribution in [2.24, 2.45) is 0 Å². The van der Waals surface area contributed by atoms with E-state index in [0.717, 1.165) is 83.1 Å². The van der Waals surface area contributed by atoms with Gasteiger partial charge in [0.1, 0.15) is 6.33 Å². The van der Waals surface area contributed by atoms with E-state index in [4.69, 9.17) is 0 Å². The minimum absolute atomic E-state index is 0.0227. The van der Waals surface area contributed by atoms with Crippen molar-refractivity contribution in [3.8, 4) is 0 Å². The van der Waals surface area contributed by atoms with E-state index in [2.05, 4.69) is 74.0 Å². The molecule has 0 atom stereocenters. The summed E-state index contributed by atoms with van der Waals surface area (Å²) in [5, 5.41) is 11.2. The Labute approximate surface area is 226 Å². The van der Waals surface area contributed by atoms with Crippen LogP contribution in [0.5, 0.6) is 0 Å². The van der Waals surface area contributed by atoms with Crippen molar-refractivity contribution in [3.05, 3.63) is 54.6 Å². The number of hydrogen-bond donors (Lipinski definition) is 1. The number of carbonyl (C=O) groups excluding carboxylic acids is 1. The van der Waals surface area contributed by atoms with Crippen molar-refractivity contribution >= 4 is 11.7 Å². The fraction of sp³-hybridized carbons (Fsp3) is 0.633. The number of anilines is 1. The molecule has 6 rings (SSSR count). The number of aromatic nitrogens is 2. The first-order valence-corrected chi connectivity index (χ1v) is 14.4. The second-order valence-electron chi connectivity index (χ2n) is 12.4. The summed E-state index contributed by atoms with van der Waals surface area (Å²) in [7, 11) is 4.38. The number of nitrogens with zero attached hydrogens (tertiary/aromatic N) is 6.